The second-order valence-electron chi connectivity index (χ2n) is 11.0. The molecular weight excluding hydrogens is 662 g/mol. The molecule has 0 bridgehead atoms. The van der Waals surface area contributed by atoms with Crippen LogP contribution in [0.4, 0.5) is 0 Å². The first-order chi connectivity index (χ1) is 23.0. The predicted molar refractivity (Wildman–Crippen MR) is 176 cm³/mol. The molecule has 12 nitrogen and oxygen atoms in total. The molecule has 48 heavy (non-hydrogen) atoms. The molecule has 14 heteroatoms. The Labute approximate surface area is 282 Å². The molecular formula is C34H32ClN3O9S. The summed E-state index contributed by atoms with van der Waals surface area (Å²) in [7, 11) is -4.34. The summed E-state index contributed by atoms with van der Waals surface area (Å²) in [6.45, 7) is 2.34. The third kappa shape index (κ3) is 9.14. The predicted octanol–water partition coefficient (Wildman–Crippen LogP) is 5.29. The Morgan fingerprint density at radius 1 is 1.02 bits per heavy atom. The van der Waals surface area contributed by atoms with Crippen molar-refractivity contribution in [3.8, 4) is 40.2 Å². The molecule has 5 rings (SSSR count). The molecule has 0 spiro atoms. The number of pyridine rings is 1. The normalized spacial score (nSPS) is 12.4. The van der Waals surface area contributed by atoms with Crippen LogP contribution in [0.3, 0.4) is 0 Å². The number of ether oxygens (including phenoxy) is 4. The third-order valence-corrected chi connectivity index (χ3v) is 8.53. The van der Waals surface area contributed by atoms with Crippen molar-refractivity contribution in [2.75, 3.05) is 32.1 Å². The maximum atomic E-state index is 11.6. The van der Waals surface area contributed by atoms with E-state index in [1.165, 1.54) is 11.1 Å². The zero-order valence-corrected chi connectivity index (χ0v) is 27.5. The Morgan fingerprint density at radius 3 is 2.54 bits per heavy atom. The number of rotatable bonds is 14. The van der Waals surface area contributed by atoms with Crippen LogP contribution in [-0.2, 0) is 34.7 Å². The molecule has 1 aromatic heterocycles. The Hall–Kier alpha value is -4.87. The molecule has 0 fully saturated rings. The monoisotopic (exact) mass is 693 g/mol. The Kier molecular flexibility index (Phi) is 11.0. The average Bonchev–Trinajstić information content (AvgIpc) is 3.06. The van der Waals surface area contributed by atoms with Crippen molar-refractivity contribution in [1.29, 1.82) is 5.26 Å². The second-order valence-corrected chi connectivity index (χ2v) is 13.0. The largest absolute Gasteiger partial charge is 0.488 e. The van der Waals surface area contributed by atoms with Gasteiger partial charge in [-0.1, -0.05) is 35.9 Å². The minimum Gasteiger partial charge on any atom is -0.488 e. The maximum Gasteiger partial charge on any atom is 0.317 e. The number of carbonyl (C=O) groups is 1. The van der Waals surface area contributed by atoms with Crippen LogP contribution in [-0.4, -0.2) is 66.0 Å². The van der Waals surface area contributed by atoms with Gasteiger partial charge in [-0.05, 0) is 53.4 Å². The number of carboxylic acid groups (broad SMARTS) is 1. The molecule has 1 aliphatic rings. The fraction of sp³-hybridized carbons (Fsp3) is 0.265. The summed E-state index contributed by atoms with van der Waals surface area (Å²) in [5.41, 5.74) is 5.27. The van der Waals surface area contributed by atoms with Gasteiger partial charge in [-0.25, -0.2) is 0 Å². The van der Waals surface area contributed by atoms with Crippen LogP contribution >= 0.6 is 11.6 Å². The maximum absolute atomic E-state index is 11.6. The first-order valence-corrected chi connectivity index (χ1v) is 16.8. The number of nitriles is 1. The molecule has 0 aliphatic carbocycles. The van der Waals surface area contributed by atoms with Gasteiger partial charge < -0.3 is 24.1 Å². The number of aliphatic carboxylic acids is 1. The molecule has 1 aliphatic heterocycles. The fourth-order valence-electron chi connectivity index (χ4n) is 5.14. The van der Waals surface area contributed by atoms with Crippen LogP contribution in [0.1, 0.15) is 27.8 Å². The molecule has 4 aromatic rings. The molecule has 0 radical (unpaired) electrons. The van der Waals surface area contributed by atoms with Crippen molar-refractivity contribution >= 4 is 27.7 Å². The summed E-state index contributed by atoms with van der Waals surface area (Å²) in [6, 6.07) is 18.5. The lowest BCUT2D eigenvalue weighted by Crippen LogP contribution is -2.33. The SMILES string of the molecule is Cc1c(COc2cc(OCc3cncc(C#N)c3)c(CN(CCS(=O)(=O)O)CC(=O)O)cc2Cl)cccc1-c1ccc2c(c1)OCCO2. The fourth-order valence-corrected chi connectivity index (χ4v) is 5.87. The highest BCUT2D eigenvalue weighted by molar-refractivity contribution is 7.85. The van der Waals surface area contributed by atoms with Crippen LogP contribution in [0.25, 0.3) is 11.1 Å². The van der Waals surface area contributed by atoms with Gasteiger partial charge in [0.05, 0.1) is 22.9 Å². The van der Waals surface area contributed by atoms with E-state index >= 15 is 0 Å². The van der Waals surface area contributed by atoms with Crippen molar-refractivity contribution in [2.24, 2.45) is 0 Å². The summed E-state index contributed by atoms with van der Waals surface area (Å²) in [6.07, 6.45) is 2.97. The van der Waals surface area contributed by atoms with Gasteiger partial charge >= 0.3 is 5.97 Å². The highest BCUT2D eigenvalue weighted by atomic mass is 35.5. The highest BCUT2D eigenvalue weighted by Crippen LogP contribution is 2.38. The standard InChI is InChI=1S/C34H32ClN3O9S/c1-22-26(3-2-4-28(22)25-5-6-30-33(13-25)45-9-8-44-30)21-47-32-14-31(46-20-24-11-23(15-36)16-37-17-24)27(12-29(32)35)18-38(19-34(39)40)7-10-48(41,42)43/h2-6,11-14,16-17H,7-10,18-21H2,1H3,(H,39,40)(H,41,42,43). The lowest BCUT2D eigenvalue weighted by atomic mass is 9.96. The molecule has 3 aromatic carbocycles. The third-order valence-electron chi connectivity index (χ3n) is 7.53. The quantitative estimate of drug-likeness (QED) is 0.164. The number of aromatic nitrogens is 1. The minimum absolute atomic E-state index is 0.0111. The minimum atomic E-state index is -4.34. The topological polar surface area (TPSA) is 169 Å². The van der Waals surface area contributed by atoms with Gasteiger partial charge in [0, 0.05) is 42.7 Å². The van der Waals surface area contributed by atoms with Crippen molar-refractivity contribution in [3.63, 3.8) is 0 Å². The van der Waals surface area contributed by atoms with Crippen LogP contribution in [0.2, 0.25) is 5.02 Å². The van der Waals surface area contributed by atoms with E-state index in [1.807, 2.05) is 49.4 Å². The van der Waals surface area contributed by atoms with E-state index in [-0.39, 0.29) is 31.3 Å². The number of halogens is 1. The van der Waals surface area contributed by atoms with Gasteiger partial charge in [-0.3, -0.25) is 19.2 Å². The van der Waals surface area contributed by atoms with Crippen molar-refractivity contribution in [3.05, 3.63) is 99.8 Å². The molecule has 0 amide bonds. The van der Waals surface area contributed by atoms with Crippen LogP contribution in [0.15, 0.2) is 67.0 Å². The first kappa shape index (κ1) is 34.5. The Bertz CT molecular complexity index is 1960. The van der Waals surface area contributed by atoms with Crippen molar-refractivity contribution < 1.29 is 41.8 Å². The van der Waals surface area contributed by atoms with E-state index in [0.29, 0.717) is 52.9 Å². The number of carboxylic acids is 1. The summed E-state index contributed by atoms with van der Waals surface area (Å²) in [5, 5.41) is 18.9. The molecule has 0 saturated carbocycles. The van der Waals surface area contributed by atoms with Crippen molar-refractivity contribution in [1.82, 2.24) is 9.88 Å². The van der Waals surface area contributed by atoms with Gasteiger partial charge in [0.1, 0.15) is 44.0 Å². The van der Waals surface area contributed by atoms with Crippen LogP contribution < -0.4 is 18.9 Å². The van der Waals surface area contributed by atoms with Gasteiger partial charge in [0.15, 0.2) is 11.5 Å². The van der Waals surface area contributed by atoms with Gasteiger partial charge in [0.25, 0.3) is 10.1 Å². The molecule has 0 unspecified atom stereocenters. The Morgan fingerprint density at radius 2 is 1.79 bits per heavy atom. The number of fused-ring (bicyclic) bond motifs is 1. The van der Waals surface area contributed by atoms with E-state index in [1.54, 1.807) is 24.4 Å². The summed E-state index contributed by atoms with van der Waals surface area (Å²) < 4.78 is 55.8. The smallest absolute Gasteiger partial charge is 0.317 e. The molecule has 2 N–H and O–H groups in total. The van der Waals surface area contributed by atoms with Gasteiger partial charge in [-0.15, -0.1) is 0 Å². The summed E-state index contributed by atoms with van der Waals surface area (Å²) in [5.74, 6) is 0.132. The first-order valence-electron chi connectivity index (χ1n) is 14.8. The summed E-state index contributed by atoms with van der Waals surface area (Å²) in [4.78, 5) is 16.9. The van der Waals surface area contributed by atoms with E-state index < -0.39 is 28.4 Å². The van der Waals surface area contributed by atoms with E-state index in [2.05, 4.69) is 4.98 Å². The van der Waals surface area contributed by atoms with Crippen molar-refractivity contribution in [2.45, 2.75) is 26.7 Å². The number of hydrogen-bond donors (Lipinski definition) is 2. The van der Waals surface area contributed by atoms with E-state index in [0.717, 1.165) is 22.3 Å². The van der Waals surface area contributed by atoms with Gasteiger partial charge in [-0.2, -0.15) is 13.7 Å². The number of nitrogens with zero attached hydrogens (tertiary/aromatic N) is 3. The average molecular weight is 694 g/mol. The zero-order valence-electron chi connectivity index (χ0n) is 25.9. The van der Waals surface area contributed by atoms with Crippen LogP contribution in [0, 0.1) is 18.3 Å². The highest BCUT2D eigenvalue weighted by Gasteiger charge is 2.20. The number of hydrogen-bond acceptors (Lipinski definition) is 10. The number of benzene rings is 3. The zero-order chi connectivity index (χ0) is 34.3. The second kappa shape index (κ2) is 15.4. The molecule has 0 atom stereocenters. The van der Waals surface area contributed by atoms with E-state index in [4.69, 9.17) is 30.5 Å². The molecule has 0 saturated heterocycles. The van der Waals surface area contributed by atoms with E-state index in [9.17, 15) is 28.1 Å². The molecule has 250 valence electrons. The lowest BCUT2D eigenvalue weighted by molar-refractivity contribution is -0.138. The van der Waals surface area contributed by atoms with Crippen LogP contribution in [0.5, 0.6) is 23.0 Å². The lowest BCUT2D eigenvalue weighted by Gasteiger charge is -2.22. The van der Waals surface area contributed by atoms with Gasteiger partial charge in [0.2, 0.25) is 0 Å². The molecule has 2 heterocycles. The summed E-state index contributed by atoms with van der Waals surface area (Å²) >= 11 is 6.67. The Balaban J connectivity index is 1.41.